The van der Waals surface area contributed by atoms with Crippen molar-refractivity contribution in [1.29, 1.82) is 0 Å². The lowest BCUT2D eigenvalue weighted by atomic mass is 10.1. The number of nitrogens with two attached hydrogens (primary N) is 1. The largest absolute Gasteiger partial charge is 0.354 e. The smallest absolute Gasteiger partial charge is 0.239 e. The van der Waals surface area contributed by atoms with Crippen molar-refractivity contribution in [2.24, 2.45) is 11.8 Å². The van der Waals surface area contributed by atoms with E-state index in [1.165, 1.54) is 6.33 Å². The molecular weight excluding hydrogens is 268 g/mol. The van der Waals surface area contributed by atoms with Gasteiger partial charge in [0.15, 0.2) is 0 Å². The molecule has 7 nitrogen and oxygen atoms in total. The van der Waals surface area contributed by atoms with Crippen LogP contribution in [0.15, 0.2) is 6.33 Å². The number of anilines is 2. The van der Waals surface area contributed by atoms with Gasteiger partial charge in [-0.05, 0) is 12.3 Å². The summed E-state index contributed by atoms with van der Waals surface area (Å²) in [5, 5.41) is 2.90. The van der Waals surface area contributed by atoms with Crippen LogP contribution in [0.5, 0.6) is 0 Å². The number of nitrogen functional groups attached to an aromatic ring is 1. The van der Waals surface area contributed by atoms with E-state index in [2.05, 4.69) is 41.5 Å². The van der Waals surface area contributed by atoms with Crippen molar-refractivity contribution < 1.29 is 4.79 Å². The first-order valence-electron chi connectivity index (χ1n) is 7.27. The van der Waals surface area contributed by atoms with Crippen LogP contribution in [0.2, 0.25) is 0 Å². The molecule has 0 bridgehead atoms. The molecule has 1 amide bonds. The second-order valence-corrected chi connectivity index (χ2v) is 5.47. The molecule has 7 heteroatoms. The summed E-state index contributed by atoms with van der Waals surface area (Å²) in [5.74, 6) is 7.25. The number of nitrogens with one attached hydrogen (secondary N) is 2. The first kappa shape index (κ1) is 17.2. The summed E-state index contributed by atoms with van der Waals surface area (Å²) >= 11 is 0. The van der Waals surface area contributed by atoms with Crippen LogP contribution in [0, 0.1) is 5.92 Å². The van der Waals surface area contributed by atoms with Gasteiger partial charge in [-0.25, -0.2) is 15.8 Å². The second kappa shape index (κ2) is 8.41. The molecule has 0 unspecified atom stereocenters. The number of carbonyl (C=O) groups is 1. The molecule has 0 aliphatic carbocycles. The lowest BCUT2D eigenvalue weighted by Crippen LogP contribution is -2.37. The fourth-order valence-electron chi connectivity index (χ4n) is 2.00. The lowest BCUT2D eigenvalue weighted by molar-refractivity contribution is -0.119. The van der Waals surface area contributed by atoms with Crippen LogP contribution in [0.4, 0.5) is 11.6 Å². The number of amides is 1. The Hall–Kier alpha value is -1.89. The maximum absolute atomic E-state index is 11.9. The molecule has 0 saturated heterocycles. The van der Waals surface area contributed by atoms with Crippen LogP contribution in [-0.4, -0.2) is 36.0 Å². The van der Waals surface area contributed by atoms with Gasteiger partial charge in [0, 0.05) is 19.2 Å². The molecule has 21 heavy (non-hydrogen) atoms. The molecular formula is C14H26N6O. The van der Waals surface area contributed by atoms with E-state index in [9.17, 15) is 4.79 Å². The standard InChI is InChI=1S/C14H26N6O/c1-5-6-11-13(19-15)17-9-18-14(11)20(4)8-12(21)16-7-10(2)3/h9-10H,5-8,15H2,1-4H3,(H,16,21)(H,17,18,19). The number of hydrogen-bond acceptors (Lipinski definition) is 6. The first-order chi connectivity index (χ1) is 9.99. The predicted octanol–water partition coefficient (Wildman–Crippen LogP) is 0.923. The van der Waals surface area contributed by atoms with E-state index in [0.29, 0.717) is 18.3 Å². The van der Waals surface area contributed by atoms with E-state index in [1.54, 1.807) is 0 Å². The van der Waals surface area contributed by atoms with Crippen LogP contribution in [0.25, 0.3) is 0 Å². The zero-order valence-corrected chi connectivity index (χ0v) is 13.3. The van der Waals surface area contributed by atoms with Crippen molar-refractivity contribution in [2.75, 3.05) is 30.5 Å². The Labute approximate surface area is 126 Å². The molecule has 0 saturated carbocycles. The molecule has 0 radical (unpaired) electrons. The maximum Gasteiger partial charge on any atom is 0.239 e. The van der Waals surface area contributed by atoms with Crippen LogP contribution in [0.1, 0.15) is 32.8 Å². The Morgan fingerprint density at radius 3 is 2.71 bits per heavy atom. The van der Waals surface area contributed by atoms with Crippen molar-refractivity contribution in [3.8, 4) is 0 Å². The summed E-state index contributed by atoms with van der Waals surface area (Å²) < 4.78 is 0. The van der Waals surface area contributed by atoms with Crippen LogP contribution < -0.4 is 21.5 Å². The molecule has 0 spiro atoms. The van der Waals surface area contributed by atoms with Gasteiger partial charge < -0.3 is 15.6 Å². The van der Waals surface area contributed by atoms with E-state index in [-0.39, 0.29) is 12.5 Å². The average Bonchev–Trinajstić information content (AvgIpc) is 2.45. The predicted molar refractivity (Wildman–Crippen MR) is 85.0 cm³/mol. The van der Waals surface area contributed by atoms with E-state index >= 15 is 0 Å². The number of hydrazine groups is 1. The van der Waals surface area contributed by atoms with Crippen LogP contribution in [0.3, 0.4) is 0 Å². The van der Waals surface area contributed by atoms with Gasteiger partial charge >= 0.3 is 0 Å². The third kappa shape index (κ3) is 5.18. The normalized spacial score (nSPS) is 10.6. The molecule has 1 heterocycles. The van der Waals surface area contributed by atoms with Gasteiger partial charge in [0.05, 0.1) is 6.54 Å². The third-order valence-electron chi connectivity index (χ3n) is 3.01. The van der Waals surface area contributed by atoms with Gasteiger partial charge in [-0.3, -0.25) is 4.79 Å². The Bertz CT molecular complexity index is 463. The Balaban J connectivity index is 2.81. The monoisotopic (exact) mass is 294 g/mol. The highest BCUT2D eigenvalue weighted by molar-refractivity contribution is 5.81. The van der Waals surface area contributed by atoms with Gasteiger partial charge in [-0.15, -0.1) is 0 Å². The number of nitrogens with zero attached hydrogens (tertiary/aromatic N) is 3. The molecule has 118 valence electrons. The van der Waals surface area contributed by atoms with Gasteiger partial charge in [-0.2, -0.15) is 0 Å². The van der Waals surface area contributed by atoms with Crippen LogP contribution >= 0.6 is 0 Å². The van der Waals surface area contributed by atoms with Crippen molar-refractivity contribution in [3.05, 3.63) is 11.9 Å². The Kier molecular flexibility index (Phi) is 6.87. The van der Waals surface area contributed by atoms with Gasteiger partial charge in [0.2, 0.25) is 5.91 Å². The summed E-state index contributed by atoms with van der Waals surface area (Å²) in [6, 6.07) is 0. The summed E-state index contributed by atoms with van der Waals surface area (Å²) in [4.78, 5) is 22.2. The Morgan fingerprint density at radius 2 is 2.14 bits per heavy atom. The molecule has 0 atom stereocenters. The molecule has 1 aromatic rings. The van der Waals surface area contributed by atoms with Gasteiger partial charge in [0.25, 0.3) is 0 Å². The van der Waals surface area contributed by atoms with Crippen molar-refractivity contribution in [1.82, 2.24) is 15.3 Å². The molecule has 0 aliphatic heterocycles. The summed E-state index contributed by atoms with van der Waals surface area (Å²) in [6.45, 7) is 7.13. The van der Waals surface area contributed by atoms with Crippen molar-refractivity contribution in [2.45, 2.75) is 33.6 Å². The number of likely N-dealkylation sites (N-methyl/N-ethyl adjacent to an activating group) is 1. The molecule has 0 aromatic carbocycles. The number of rotatable bonds is 8. The second-order valence-electron chi connectivity index (χ2n) is 5.47. The number of carbonyl (C=O) groups excluding carboxylic acids is 1. The fourth-order valence-corrected chi connectivity index (χ4v) is 2.00. The zero-order valence-electron chi connectivity index (χ0n) is 13.3. The number of aromatic nitrogens is 2. The highest BCUT2D eigenvalue weighted by Crippen LogP contribution is 2.23. The minimum Gasteiger partial charge on any atom is -0.354 e. The lowest BCUT2D eigenvalue weighted by Gasteiger charge is -2.22. The molecule has 1 aromatic heterocycles. The quantitative estimate of drug-likeness (QED) is 0.487. The van der Waals surface area contributed by atoms with E-state index in [1.807, 2.05) is 11.9 Å². The minimum atomic E-state index is -0.0190. The first-order valence-corrected chi connectivity index (χ1v) is 7.27. The van der Waals surface area contributed by atoms with E-state index in [0.717, 1.165) is 24.2 Å². The topological polar surface area (TPSA) is 96.2 Å². The summed E-state index contributed by atoms with van der Waals surface area (Å²) in [6.07, 6.45) is 3.20. The van der Waals surface area contributed by atoms with E-state index in [4.69, 9.17) is 5.84 Å². The molecule has 0 fully saturated rings. The van der Waals surface area contributed by atoms with Gasteiger partial charge in [-0.1, -0.05) is 27.2 Å². The SMILES string of the molecule is CCCc1c(NN)ncnc1N(C)CC(=O)NCC(C)C. The van der Waals surface area contributed by atoms with Gasteiger partial charge in [0.1, 0.15) is 18.0 Å². The molecule has 1 rings (SSSR count). The van der Waals surface area contributed by atoms with Crippen LogP contribution in [-0.2, 0) is 11.2 Å². The van der Waals surface area contributed by atoms with Crippen molar-refractivity contribution in [3.63, 3.8) is 0 Å². The summed E-state index contributed by atoms with van der Waals surface area (Å²) in [5.41, 5.74) is 3.52. The maximum atomic E-state index is 11.9. The highest BCUT2D eigenvalue weighted by Gasteiger charge is 2.16. The zero-order chi connectivity index (χ0) is 15.8. The fraction of sp³-hybridized carbons (Fsp3) is 0.643. The highest BCUT2D eigenvalue weighted by atomic mass is 16.2. The number of hydrogen-bond donors (Lipinski definition) is 3. The molecule has 0 aliphatic rings. The average molecular weight is 294 g/mol. The summed E-state index contributed by atoms with van der Waals surface area (Å²) in [7, 11) is 1.84. The molecule has 4 N–H and O–H groups in total. The minimum absolute atomic E-state index is 0.0190. The third-order valence-corrected chi connectivity index (χ3v) is 3.01. The Morgan fingerprint density at radius 1 is 1.43 bits per heavy atom. The van der Waals surface area contributed by atoms with Crippen molar-refractivity contribution >= 4 is 17.5 Å². The van der Waals surface area contributed by atoms with E-state index < -0.39 is 0 Å².